The summed E-state index contributed by atoms with van der Waals surface area (Å²) in [5.41, 5.74) is 1.97. The number of fused-ring (bicyclic) bond motifs is 1. The number of rotatable bonds is 5. The van der Waals surface area contributed by atoms with Gasteiger partial charge in [-0.2, -0.15) is 0 Å². The number of carbonyl (C=O) groups excluding carboxylic acids is 2. The first-order valence-corrected chi connectivity index (χ1v) is 9.87. The molecular weight excluding hydrogens is 378 g/mol. The van der Waals surface area contributed by atoms with Crippen molar-refractivity contribution < 1.29 is 18.7 Å². The Morgan fingerprint density at radius 1 is 1.29 bits per heavy atom. The van der Waals surface area contributed by atoms with Gasteiger partial charge in [0.05, 0.1) is 0 Å². The van der Waals surface area contributed by atoms with Crippen molar-refractivity contribution in [3.63, 3.8) is 0 Å². The summed E-state index contributed by atoms with van der Waals surface area (Å²) < 4.78 is 10.5. The monoisotopic (exact) mass is 397 g/mol. The molecular formula is C20H19N3O4S. The molecule has 1 atom stereocenters. The maximum atomic E-state index is 12.2. The molecule has 0 saturated carbocycles. The van der Waals surface area contributed by atoms with E-state index in [4.69, 9.17) is 9.15 Å². The number of esters is 1. The molecule has 1 aliphatic carbocycles. The summed E-state index contributed by atoms with van der Waals surface area (Å²) in [5, 5.41) is 10.1. The summed E-state index contributed by atoms with van der Waals surface area (Å²) in [7, 11) is 0. The van der Waals surface area contributed by atoms with Crippen molar-refractivity contribution in [2.24, 2.45) is 5.92 Å². The van der Waals surface area contributed by atoms with Crippen molar-refractivity contribution in [1.29, 1.82) is 0 Å². The number of aryl methyl sites for hydroxylation is 1. The molecule has 2 heterocycles. The van der Waals surface area contributed by atoms with Crippen LogP contribution in [0.15, 0.2) is 40.8 Å². The van der Waals surface area contributed by atoms with Gasteiger partial charge < -0.3 is 9.15 Å². The van der Waals surface area contributed by atoms with Crippen molar-refractivity contribution >= 4 is 29.2 Å². The maximum absolute atomic E-state index is 12.2. The van der Waals surface area contributed by atoms with Crippen LogP contribution >= 0.6 is 11.3 Å². The summed E-state index contributed by atoms with van der Waals surface area (Å²) in [6.07, 6.45) is 3.12. The molecule has 2 aromatic heterocycles. The van der Waals surface area contributed by atoms with Gasteiger partial charge in [-0.15, -0.1) is 16.4 Å². The summed E-state index contributed by atoms with van der Waals surface area (Å²) in [5.74, 6) is -0.0949. The second-order valence-corrected chi connectivity index (χ2v) is 7.95. The Hall–Kier alpha value is -3.00. The van der Waals surface area contributed by atoms with Crippen LogP contribution in [0, 0.1) is 5.92 Å². The van der Waals surface area contributed by atoms with Crippen LogP contribution in [0.1, 0.15) is 33.5 Å². The molecule has 0 unspecified atom stereocenters. The van der Waals surface area contributed by atoms with Gasteiger partial charge in [-0.05, 0) is 48.9 Å². The van der Waals surface area contributed by atoms with Gasteiger partial charge in [0, 0.05) is 10.4 Å². The summed E-state index contributed by atoms with van der Waals surface area (Å²) in [4.78, 5) is 26.0. The lowest BCUT2D eigenvalue weighted by molar-refractivity contribution is -0.119. The molecule has 0 aliphatic heterocycles. The quantitative estimate of drug-likeness (QED) is 0.660. The Kier molecular flexibility index (Phi) is 5.21. The summed E-state index contributed by atoms with van der Waals surface area (Å²) >= 11 is 1.45. The molecule has 1 aliphatic rings. The smallest absolute Gasteiger partial charge is 0.348 e. The molecule has 0 bridgehead atoms. The first kappa shape index (κ1) is 18.4. The average Bonchev–Trinajstić information content (AvgIpc) is 3.33. The van der Waals surface area contributed by atoms with Gasteiger partial charge in [0.25, 0.3) is 5.91 Å². The lowest BCUT2D eigenvalue weighted by Gasteiger charge is -2.16. The minimum atomic E-state index is -0.536. The van der Waals surface area contributed by atoms with Crippen LogP contribution in [-0.2, 0) is 22.4 Å². The third kappa shape index (κ3) is 4.12. The first-order valence-electron chi connectivity index (χ1n) is 9.06. The number of thiophene rings is 1. The molecule has 0 saturated heterocycles. The molecule has 4 rings (SSSR count). The lowest BCUT2D eigenvalue weighted by Crippen LogP contribution is -2.20. The zero-order valence-corrected chi connectivity index (χ0v) is 16.1. The second-order valence-electron chi connectivity index (χ2n) is 6.81. The van der Waals surface area contributed by atoms with E-state index in [-0.39, 0.29) is 6.01 Å². The summed E-state index contributed by atoms with van der Waals surface area (Å²) in [6, 6.07) is 11.1. The van der Waals surface area contributed by atoms with Gasteiger partial charge in [-0.3, -0.25) is 10.1 Å². The topological polar surface area (TPSA) is 94.3 Å². The zero-order valence-electron chi connectivity index (χ0n) is 15.3. The predicted octanol–water partition coefficient (Wildman–Crippen LogP) is 3.72. The molecule has 0 fully saturated rings. The molecule has 0 spiro atoms. The largest absolute Gasteiger partial charge is 0.451 e. The van der Waals surface area contributed by atoms with Gasteiger partial charge in [-0.1, -0.05) is 30.2 Å². The number of nitrogens with zero attached hydrogens (tertiary/aromatic N) is 2. The van der Waals surface area contributed by atoms with Crippen LogP contribution in [0.4, 0.5) is 6.01 Å². The Balaban J connectivity index is 1.31. The molecule has 1 aromatic carbocycles. The minimum absolute atomic E-state index is 0.0412. The normalized spacial score (nSPS) is 15.7. The van der Waals surface area contributed by atoms with Gasteiger partial charge >= 0.3 is 12.0 Å². The van der Waals surface area contributed by atoms with Crippen LogP contribution < -0.4 is 5.32 Å². The van der Waals surface area contributed by atoms with Crippen LogP contribution in [-0.4, -0.2) is 28.7 Å². The van der Waals surface area contributed by atoms with E-state index in [1.165, 1.54) is 21.8 Å². The fourth-order valence-electron chi connectivity index (χ4n) is 3.14. The Morgan fingerprint density at radius 3 is 2.93 bits per heavy atom. The second kappa shape index (κ2) is 7.93. The number of anilines is 1. The SMILES string of the molecule is C[C@@H]1CCc2sc(C(=O)OCC(=O)Nc3nnc(-c4ccccc4)o3)cc2C1. The first-order chi connectivity index (χ1) is 13.6. The van der Waals surface area contributed by atoms with Crippen molar-refractivity contribution in [3.8, 4) is 11.5 Å². The molecule has 28 heavy (non-hydrogen) atoms. The minimum Gasteiger partial charge on any atom is -0.451 e. The van der Waals surface area contributed by atoms with E-state index in [1.807, 2.05) is 36.4 Å². The number of benzene rings is 1. The third-order valence-corrected chi connectivity index (χ3v) is 5.77. The predicted molar refractivity (Wildman–Crippen MR) is 104 cm³/mol. The van der Waals surface area contributed by atoms with Crippen molar-refractivity contribution in [2.75, 3.05) is 11.9 Å². The van der Waals surface area contributed by atoms with E-state index in [2.05, 4.69) is 22.4 Å². The van der Waals surface area contributed by atoms with Gasteiger partial charge in [0.15, 0.2) is 6.61 Å². The number of hydrogen-bond acceptors (Lipinski definition) is 7. The van der Waals surface area contributed by atoms with E-state index in [9.17, 15) is 9.59 Å². The van der Waals surface area contributed by atoms with E-state index in [0.717, 1.165) is 24.8 Å². The van der Waals surface area contributed by atoms with Crippen molar-refractivity contribution in [1.82, 2.24) is 10.2 Å². The van der Waals surface area contributed by atoms with E-state index >= 15 is 0 Å². The van der Waals surface area contributed by atoms with Crippen molar-refractivity contribution in [3.05, 3.63) is 51.7 Å². The Morgan fingerprint density at radius 2 is 2.11 bits per heavy atom. The van der Waals surface area contributed by atoms with Gasteiger partial charge in [0.1, 0.15) is 4.88 Å². The fourth-order valence-corrected chi connectivity index (χ4v) is 4.24. The van der Waals surface area contributed by atoms with E-state index in [1.54, 1.807) is 0 Å². The third-order valence-electron chi connectivity index (χ3n) is 4.56. The number of amides is 1. The fraction of sp³-hybridized carbons (Fsp3) is 0.300. The molecule has 1 amide bonds. The molecule has 144 valence electrons. The highest BCUT2D eigenvalue weighted by Gasteiger charge is 2.22. The average molecular weight is 397 g/mol. The molecule has 0 radical (unpaired) electrons. The summed E-state index contributed by atoms with van der Waals surface area (Å²) in [6.45, 7) is 1.80. The molecule has 3 aromatic rings. The molecule has 1 N–H and O–H groups in total. The van der Waals surface area contributed by atoms with E-state index in [0.29, 0.717) is 16.7 Å². The standard InChI is InChI=1S/C20H19N3O4S/c1-12-7-8-15-14(9-12)10-16(28-15)19(25)26-11-17(24)21-20-23-22-18(27-20)13-5-3-2-4-6-13/h2-6,10,12H,7-9,11H2,1H3,(H,21,23,24)/t12-/m1/s1. The van der Waals surface area contributed by atoms with Crippen LogP contribution in [0.2, 0.25) is 0 Å². The van der Waals surface area contributed by atoms with Crippen LogP contribution in [0.25, 0.3) is 11.5 Å². The number of hydrogen-bond donors (Lipinski definition) is 1. The van der Waals surface area contributed by atoms with E-state index < -0.39 is 18.5 Å². The van der Waals surface area contributed by atoms with Crippen LogP contribution in [0.5, 0.6) is 0 Å². The number of nitrogens with one attached hydrogen (secondary N) is 1. The number of ether oxygens (including phenoxy) is 1. The van der Waals surface area contributed by atoms with Crippen LogP contribution in [0.3, 0.4) is 0 Å². The molecule has 8 heteroatoms. The number of carbonyl (C=O) groups is 2. The highest BCUT2D eigenvalue weighted by molar-refractivity contribution is 7.14. The van der Waals surface area contributed by atoms with Gasteiger partial charge in [-0.25, -0.2) is 4.79 Å². The Bertz CT molecular complexity index is 996. The Labute approximate surface area is 165 Å². The lowest BCUT2D eigenvalue weighted by atomic mass is 9.90. The van der Waals surface area contributed by atoms with Crippen molar-refractivity contribution in [2.45, 2.75) is 26.2 Å². The maximum Gasteiger partial charge on any atom is 0.348 e. The highest BCUT2D eigenvalue weighted by Crippen LogP contribution is 2.32. The molecule has 7 nitrogen and oxygen atoms in total. The highest BCUT2D eigenvalue weighted by atomic mass is 32.1. The number of aromatic nitrogens is 2. The van der Waals surface area contributed by atoms with Gasteiger partial charge in [0.2, 0.25) is 5.89 Å². The zero-order chi connectivity index (χ0) is 19.5.